The first-order valence-electron chi connectivity index (χ1n) is 3.62. The first-order valence-corrected chi connectivity index (χ1v) is 4.25. The van der Waals surface area contributed by atoms with Crippen LogP contribution in [0.1, 0.15) is 17.9 Å². The number of rotatable bonds is 3. The maximum absolute atomic E-state index is 4.10. The molecule has 0 aliphatic heterocycles. The maximum Gasteiger partial charge on any atom is 0.103 e. The molecule has 0 amide bonds. The van der Waals surface area contributed by atoms with Gasteiger partial charge in [0.15, 0.2) is 0 Å². The van der Waals surface area contributed by atoms with Crippen LogP contribution in [0.25, 0.3) is 6.08 Å². The lowest BCUT2D eigenvalue weighted by atomic mass is 10.3. The first-order chi connectivity index (χ1) is 5.33. The number of nitrogens with one attached hydrogen (secondary N) is 1. The summed E-state index contributed by atoms with van der Waals surface area (Å²) in [6.45, 7) is 1.94. The Hall–Kier alpha value is -0.700. The van der Waals surface area contributed by atoms with E-state index >= 15 is 0 Å². The Kier molecular flexibility index (Phi) is 3.23. The van der Waals surface area contributed by atoms with Gasteiger partial charge in [0.1, 0.15) is 5.82 Å². The van der Waals surface area contributed by atoms with Crippen molar-refractivity contribution in [1.82, 2.24) is 9.97 Å². The molecule has 1 aromatic heterocycles. The van der Waals surface area contributed by atoms with Gasteiger partial charge in [-0.1, -0.05) is 6.08 Å². The number of H-pyrrole nitrogens is 1. The summed E-state index contributed by atoms with van der Waals surface area (Å²) in [6, 6.07) is 0. The lowest BCUT2D eigenvalue weighted by molar-refractivity contribution is 1.14. The van der Waals surface area contributed by atoms with Crippen molar-refractivity contribution in [3.63, 3.8) is 0 Å². The molecule has 0 aliphatic carbocycles. The molecule has 0 bridgehead atoms. The Bertz CT molecular complexity index is 240. The van der Waals surface area contributed by atoms with E-state index < -0.39 is 0 Å². The molecule has 0 atom stereocenters. The van der Waals surface area contributed by atoms with Gasteiger partial charge in [0.25, 0.3) is 0 Å². The Morgan fingerprint density at radius 1 is 1.73 bits per heavy atom. The van der Waals surface area contributed by atoms with Gasteiger partial charge < -0.3 is 4.98 Å². The summed E-state index contributed by atoms with van der Waals surface area (Å²) in [7, 11) is 0. The van der Waals surface area contributed by atoms with E-state index in [9.17, 15) is 0 Å². The first kappa shape index (κ1) is 8.40. The third-order valence-corrected chi connectivity index (χ3v) is 1.57. The molecule has 11 heavy (non-hydrogen) atoms. The summed E-state index contributed by atoms with van der Waals surface area (Å²) in [6.07, 6.45) is 6.93. The van der Waals surface area contributed by atoms with Gasteiger partial charge in [-0.15, -0.1) is 0 Å². The number of aromatic nitrogens is 2. The molecule has 0 saturated carbocycles. The Labute approximate surface area is 72.2 Å². The largest absolute Gasteiger partial charge is 0.343 e. The predicted molar refractivity (Wildman–Crippen MR) is 50.8 cm³/mol. The van der Waals surface area contributed by atoms with Crippen molar-refractivity contribution >= 4 is 18.7 Å². The van der Waals surface area contributed by atoms with Crippen LogP contribution in [0.3, 0.4) is 0 Å². The van der Waals surface area contributed by atoms with Gasteiger partial charge >= 0.3 is 0 Å². The Morgan fingerprint density at radius 3 is 3.09 bits per heavy atom. The van der Waals surface area contributed by atoms with Gasteiger partial charge in [-0.05, 0) is 25.2 Å². The smallest absolute Gasteiger partial charge is 0.103 e. The van der Waals surface area contributed by atoms with Crippen LogP contribution in [-0.2, 0) is 0 Å². The van der Waals surface area contributed by atoms with E-state index in [1.807, 2.05) is 19.2 Å². The van der Waals surface area contributed by atoms with Crippen molar-refractivity contribution in [1.29, 1.82) is 0 Å². The maximum atomic E-state index is 4.10. The van der Waals surface area contributed by atoms with E-state index in [0.717, 1.165) is 23.7 Å². The molecular formula is C8H12N2S. The molecule has 0 saturated heterocycles. The molecule has 1 rings (SSSR count). The van der Waals surface area contributed by atoms with Crippen LogP contribution in [0.5, 0.6) is 0 Å². The molecule has 1 N–H and O–H groups in total. The minimum absolute atomic E-state index is 0.892. The summed E-state index contributed by atoms with van der Waals surface area (Å²) in [5.41, 5.74) is 1.06. The van der Waals surface area contributed by atoms with Crippen LogP contribution in [0, 0.1) is 6.92 Å². The lowest BCUT2D eigenvalue weighted by Gasteiger charge is -1.84. The third-order valence-electron chi connectivity index (χ3n) is 1.32. The van der Waals surface area contributed by atoms with Crippen LogP contribution in [0.4, 0.5) is 0 Å². The zero-order chi connectivity index (χ0) is 8.10. The topological polar surface area (TPSA) is 28.7 Å². The van der Waals surface area contributed by atoms with Crippen molar-refractivity contribution in [2.75, 3.05) is 5.75 Å². The summed E-state index contributed by atoms with van der Waals surface area (Å²) in [4.78, 5) is 7.18. The second kappa shape index (κ2) is 4.23. The minimum atomic E-state index is 0.892. The molecule has 0 aromatic carbocycles. The molecule has 60 valence electrons. The molecule has 0 spiro atoms. The molecule has 0 radical (unpaired) electrons. The second-order valence-electron chi connectivity index (χ2n) is 2.34. The average Bonchev–Trinajstić information content (AvgIpc) is 2.37. The van der Waals surface area contributed by atoms with Gasteiger partial charge in [-0.2, -0.15) is 12.6 Å². The van der Waals surface area contributed by atoms with E-state index in [1.54, 1.807) is 0 Å². The molecule has 0 fully saturated rings. The number of hydrogen-bond acceptors (Lipinski definition) is 2. The van der Waals surface area contributed by atoms with Crippen molar-refractivity contribution in [3.05, 3.63) is 23.8 Å². The van der Waals surface area contributed by atoms with Gasteiger partial charge in [0.2, 0.25) is 0 Å². The minimum Gasteiger partial charge on any atom is -0.343 e. The molecule has 1 heterocycles. The quantitative estimate of drug-likeness (QED) is 0.664. The molecule has 1 aromatic rings. The summed E-state index contributed by atoms with van der Waals surface area (Å²) in [5.74, 6) is 1.85. The molecular weight excluding hydrogens is 156 g/mol. The van der Waals surface area contributed by atoms with E-state index in [2.05, 4.69) is 28.7 Å². The number of allylic oxidation sites excluding steroid dienone is 1. The standard InChI is InChI=1S/C8H12N2S/c1-7-9-6-8(10-7)4-2-3-5-11/h2,4,6,11H,3,5H2,1H3,(H,9,10). The highest BCUT2D eigenvalue weighted by molar-refractivity contribution is 7.80. The number of thiol groups is 1. The van der Waals surface area contributed by atoms with Crippen molar-refractivity contribution in [2.24, 2.45) is 0 Å². The molecule has 2 nitrogen and oxygen atoms in total. The highest BCUT2D eigenvalue weighted by Crippen LogP contribution is 1.99. The summed E-state index contributed by atoms with van der Waals surface area (Å²) < 4.78 is 0. The van der Waals surface area contributed by atoms with E-state index in [-0.39, 0.29) is 0 Å². The van der Waals surface area contributed by atoms with Crippen LogP contribution in [-0.4, -0.2) is 15.7 Å². The zero-order valence-electron chi connectivity index (χ0n) is 6.54. The summed E-state index contributed by atoms with van der Waals surface area (Å²) in [5, 5.41) is 0. The summed E-state index contributed by atoms with van der Waals surface area (Å²) >= 11 is 4.10. The number of hydrogen-bond donors (Lipinski definition) is 2. The van der Waals surface area contributed by atoms with Gasteiger partial charge in [0, 0.05) is 0 Å². The Morgan fingerprint density at radius 2 is 2.55 bits per heavy atom. The van der Waals surface area contributed by atoms with Crippen LogP contribution in [0.15, 0.2) is 12.3 Å². The van der Waals surface area contributed by atoms with Crippen molar-refractivity contribution < 1.29 is 0 Å². The van der Waals surface area contributed by atoms with Gasteiger partial charge in [-0.25, -0.2) is 4.98 Å². The fourth-order valence-corrected chi connectivity index (χ4v) is 0.958. The number of imidazole rings is 1. The molecule has 3 heteroatoms. The fourth-order valence-electron chi connectivity index (χ4n) is 0.809. The zero-order valence-corrected chi connectivity index (χ0v) is 7.44. The van der Waals surface area contributed by atoms with E-state index in [4.69, 9.17) is 0 Å². The average molecular weight is 168 g/mol. The van der Waals surface area contributed by atoms with Crippen LogP contribution in [0.2, 0.25) is 0 Å². The SMILES string of the molecule is Cc1ncc(C=CCCS)[nH]1. The fraction of sp³-hybridized carbons (Fsp3) is 0.375. The van der Waals surface area contributed by atoms with Crippen LogP contribution < -0.4 is 0 Å². The highest BCUT2D eigenvalue weighted by Gasteiger charge is 1.88. The van der Waals surface area contributed by atoms with Gasteiger partial charge in [0.05, 0.1) is 11.9 Å². The number of nitrogens with zero attached hydrogens (tertiary/aromatic N) is 1. The number of aryl methyl sites for hydroxylation is 1. The second-order valence-corrected chi connectivity index (χ2v) is 2.79. The van der Waals surface area contributed by atoms with Gasteiger partial charge in [-0.3, -0.25) is 0 Å². The lowest BCUT2D eigenvalue weighted by Crippen LogP contribution is -1.73. The van der Waals surface area contributed by atoms with Crippen molar-refractivity contribution in [2.45, 2.75) is 13.3 Å². The van der Waals surface area contributed by atoms with Crippen LogP contribution >= 0.6 is 12.6 Å². The monoisotopic (exact) mass is 168 g/mol. The molecule has 0 unspecified atom stereocenters. The normalized spacial score (nSPS) is 11.1. The predicted octanol–water partition coefficient (Wildman–Crippen LogP) is 2.05. The third kappa shape index (κ3) is 2.80. The highest BCUT2D eigenvalue weighted by atomic mass is 32.1. The van der Waals surface area contributed by atoms with E-state index in [1.165, 1.54) is 0 Å². The van der Waals surface area contributed by atoms with E-state index in [0.29, 0.717) is 0 Å². The number of aromatic amines is 1. The van der Waals surface area contributed by atoms with Crippen molar-refractivity contribution in [3.8, 4) is 0 Å². The Balaban J connectivity index is 2.50. The molecule has 0 aliphatic rings.